The lowest BCUT2D eigenvalue weighted by Crippen LogP contribution is -2.53. The van der Waals surface area contributed by atoms with E-state index in [1.165, 1.54) is 43.5 Å². The molecule has 1 aromatic carbocycles. The van der Waals surface area contributed by atoms with Crippen molar-refractivity contribution in [2.24, 2.45) is 11.8 Å². The molecule has 1 aliphatic heterocycles. The van der Waals surface area contributed by atoms with Crippen LogP contribution in [0.5, 0.6) is 5.75 Å². The predicted molar refractivity (Wildman–Crippen MR) is 82.7 cm³/mol. The lowest BCUT2D eigenvalue weighted by molar-refractivity contribution is 0.0285. The second-order valence-corrected chi connectivity index (χ2v) is 7.02. The highest BCUT2D eigenvalue weighted by Crippen LogP contribution is 2.46. The zero-order valence-electron chi connectivity index (χ0n) is 12.8. The Hall–Kier alpha value is -1.06. The van der Waals surface area contributed by atoms with Crippen molar-refractivity contribution in [2.75, 3.05) is 26.8 Å². The smallest absolute Gasteiger partial charge is 0.119 e. The van der Waals surface area contributed by atoms with Crippen molar-refractivity contribution in [1.82, 2.24) is 4.90 Å². The van der Waals surface area contributed by atoms with E-state index in [-0.39, 0.29) is 0 Å². The summed E-state index contributed by atoms with van der Waals surface area (Å²) < 4.78 is 5.40. The molecule has 0 aromatic heterocycles. The van der Waals surface area contributed by atoms with Gasteiger partial charge in [-0.15, -0.1) is 0 Å². The van der Waals surface area contributed by atoms with E-state index >= 15 is 0 Å². The SMILES string of the molecule is COc1ccc2c(c1)C1CCN(CC3CC3)C(C2)[C@H]1CO. The van der Waals surface area contributed by atoms with E-state index in [1.54, 1.807) is 7.11 Å². The molecule has 1 saturated carbocycles. The van der Waals surface area contributed by atoms with Crippen LogP contribution >= 0.6 is 0 Å². The van der Waals surface area contributed by atoms with Crippen molar-refractivity contribution in [3.8, 4) is 5.75 Å². The molecule has 2 aliphatic carbocycles. The van der Waals surface area contributed by atoms with Gasteiger partial charge >= 0.3 is 0 Å². The first-order valence-electron chi connectivity index (χ1n) is 8.32. The second kappa shape index (κ2) is 5.29. The van der Waals surface area contributed by atoms with Crippen LogP contribution < -0.4 is 4.74 Å². The van der Waals surface area contributed by atoms with Crippen molar-refractivity contribution in [3.05, 3.63) is 29.3 Å². The number of aliphatic hydroxyl groups excluding tert-OH is 1. The summed E-state index contributed by atoms with van der Waals surface area (Å²) in [7, 11) is 1.73. The molecule has 1 heterocycles. The van der Waals surface area contributed by atoms with Crippen molar-refractivity contribution in [3.63, 3.8) is 0 Å². The minimum atomic E-state index is 0.313. The molecule has 0 spiro atoms. The van der Waals surface area contributed by atoms with Gasteiger partial charge in [0.15, 0.2) is 0 Å². The van der Waals surface area contributed by atoms with Crippen LogP contribution in [0, 0.1) is 11.8 Å². The molecule has 2 fully saturated rings. The summed E-state index contributed by atoms with van der Waals surface area (Å²) in [5.74, 6) is 2.79. The third kappa shape index (κ3) is 2.36. The minimum absolute atomic E-state index is 0.313. The first-order valence-corrected chi connectivity index (χ1v) is 8.32. The average molecular weight is 287 g/mol. The number of likely N-dealkylation sites (tertiary alicyclic amines) is 1. The Bertz CT molecular complexity index is 526. The molecular formula is C18H25NO2. The van der Waals surface area contributed by atoms with E-state index in [0.29, 0.717) is 24.5 Å². The fourth-order valence-electron chi connectivity index (χ4n) is 4.45. The van der Waals surface area contributed by atoms with Crippen LogP contribution in [0.2, 0.25) is 0 Å². The van der Waals surface area contributed by atoms with Crippen molar-refractivity contribution < 1.29 is 9.84 Å². The van der Waals surface area contributed by atoms with E-state index in [4.69, 9.17) is 4.74 Å². The Labute approximate surface area is 126 Å². The minimum Gasteiger partial charge on any atom is -0.497 e. The van der Waals surface area contributed by atoms with Gasteiger partial charge in [0.05, 0.1) is 7.11 Å². The van der Waals surface area contributed by atoms with Gasteiger partial charge in [-0.3, -0.25) is 4.90 Å². The Morgan fingerprint density at radius 3 is 2.86 bits per heavy atom. The quantitative estimate of drug-likeness (QED) is 0.923. The fourth-order valence-corrected chi connectivity index (χ4v) is 4.45. The Morgan fingerprint density at radius 1 is 1.29 bits per heavy atom. The van der Waals surface area contributed by atoms with E-state index in [2.05, 4.69) is 23.1 Å². The largest absolute Gasteiger partial charge is 0.497 e. The first kappa shape index (κ1) is 13.6. The normalized spacial score (nSPS) is 31.8. The van der Waals surface area contributed by atoms with Crippen molar-refractivity contribution in [2.45, 2.75) is 37.6 Å². The molecule has 1 aromatic rings. The molecule has 3 nitrogen and oxygen atoms in total. The number of piperidine rings is 1. The first-order chi connectivity index (χ1) is 10.3. The maximum absolute atomic E-state index is 9.96. The van der Waals surface area contributed by atoms with Gasteiger partial charge < -0.3 is 9.84 Å². The summed E-state index contributed by atoms with van der Waals surface area (Å²) in [6.07, 6.45) is 5.08. The standard InChI is InChI=1S/C18H25NO2/c1-21-14-5-4-13-8-18-17(11-20)15(16(13)9-14)6-7-19(18)10-12-2-3-12/h4-5,9,12,15,17-18,20H,2-3,6-8,10-11H2,1H3/t15?,17-,18?/m0/s1. The molecule has 3 atom stereocenters. The van der Waals surface area contributed by atoms with Crippen LogP contribution in [0.25, 0.3) is 0 Å². The maximum Gasteiger partial charge on any atom is 0.119 e. The molecule has 0 amide bonds. The molecule has 4 rings (SSSR count). The molecule has 3 heteroatoms. The molecule has 1 N–H and O–H groups in total. The molecule has 2 bridgehead atoms. The fraction of sp³-hybridized carbons (Fsp3) is 0.667. The van der Waals surface area contributed by atoms with Crippen LogP contribution in [0.3, 0.4) is 0 Å². The highest BCUT2D eigenvalue weighted by molar-refractivity contribution is 5.41. The van der Waals surface area contributed by atoms with Crippen LogP contribution in [-0.2, 0) is 6.42 Å². The van der Waals surface area contributed by atoms with Crippen LogP contribution in [-0.4, -0.2) is 42.9 Å². The van der Waals surface area contributed by atoms with Gasteiger partial charge in [0.2, 0.25) is 0 Å². The summed E-state index contributed by atoms with van der Waals surface area (Å²) >= 11 is 0. The Morgan fingerprint density at radius 2 is 2.14 bits per heavy atom. The van der Waals surface area contributed by atoms with Gasteiger partial charge in [-0.25, -0.2) is 0 Å². The number of methoxy groups -OCH3 is 1. The molecule has 3 aliphatic rings. The number of rotatable bonds is 4. The molecule has 2 unspecified atom stereocenters. The highest BCUT2D eigenvalue weighted by Gasteiger charge is 2.43. The number of hydrogen-bond acceptors (Lipinski definition) is 3. The van der Waals surface area contributed by atoms with Gasteiger partial charge in [-0.05, 0) is 67.3 Å². The molecule has 1 saturated heterocycles. The molecule has 114 valence electrons. The summed E-state index contributed by atoms with van der Waals surface area (Å²) in [4.78, 5) is 2.67. The van der Waals surface area contributed by atoms with Gasteiger partial charge in [-0.2, -0.15) is 0 Å². The van der Waals surface area contributed by atoms with Crippen molar-refractivity contribution in [1.29, 1.82) is 0 Å². The number of hydrogen-bond donors (Lipinski definition) is 1. The predicted octanol–water partition coefficient (Wildman–Crippen LogP) is 2.43. The Balaban J connectivity index is 1.65. The number of nitrogens with zero attached hydrogens (tertiary/aromatic N) is 1. The van der Waals surface area contributed by atoms with Crippen molar-refractivity contribution >= 4 is 0 Å². The van der Waals surface area contributed by atoms with Gasteiger partial charge in [0, 0.05) is 25.1 Å². The van der Waals surface area contributed by atoms with E-state index < -0.39 is 0 Å². The highest BCUT2D eigenvalue weighted by atomic mass is 16.5. The summed E-state index contributed by atoms with van der Waals surface area (Å²) in [5, 5.41) is 9.96. The molecule has 0 radical (unpaired) electrons. The van der Waals surface area contributed by atoms with E-state index in [0.717, 1.165) is 18.1 Å². The van der Waals surface area contributed by atoms with Gasteiger partial charge in [0.25, 0.3) is 0 Å². The summed E-state index contributed by atoms with van der Waals surface area (Å²) in [6, 6.07) is 7.06. The number of benzene rings is 1. The monoisotopic (exact) mass is 287 g/mol. The zero-order chi connectivity index (χ0) is 14.4. The lowest BCUT2D eigenvalue weighted by atomic mass is 9.68. The van der Waals surface area contributed by atoms with Gasteiger partial charge in [-0.1, -0.05) is 6.07 Å². The lowest BCUT2D eigenvalue weighted by Gasteiger charge is -2.49. The third-order valence-electron chi connectivity index (χ3n) is 5.79. The van der Waals surface area contributed by atoms with E-state index in [9.17, 15) is 5.11 Å². The maximum atomic E-state index is 9.96. The summed E-state index contributed by atoms with van der Waals surface area (Å²) in [6.45, 7) is 2.76. The molecular weight excluding hydrogens is 262 g/mol. The zero-order valence-corrected chi connectivity index (χ0v) is 12.8. The third-order valence-corrected chi connectivity index (χ3v) is 5.79. The number of ether oxygens (including phenoxy) is 1. The topological polar surface area (TPSA) is 32.7 Å². The average Bonchev–Trinajstić information content (AvgIpc) is 3.33. The van der Waals surface area contributed by atoms with Crippen LogP contribution in [0.15, 0.2) is 18.2 Å². The van der Waals surface area contributed by atoms with Crippen LogP contribution in [0.1, 0.15) is 36.3 Å². The van der Waals surface area contributed by atoms with E-state index in [1.807, 2.05) is 0 Å². The Kier molecular flexibility index (Phi) is 3.43. The van der Waals surface area contributed by atoms with Crippen LogP contribution in [0.4, 0.5) is 0 Å². The number of aliphatic hydroxyl groups is 1. The summed E-state index contributed by atoms with van der Waals surface area (Å²) in [5.41, 5.74) is 2.90. The number of fused-ring (bicyclic) bond motifs is 4. The molecule has 21 heavy (non-hydrogen) atoms. The second-order valence-electron chi connectivity index (χ2n) is 7.02. The van der Waals surface area contributed by atoms with Gasteiger partial charge in [0.1, 0.15) is 5.75 Å².